The fourth-order valence-electron chi connectivity index (χ4n) is 4.94. The second-order valence-electron chi connectivity index (χ2n) is 8.18. The number of rotatable bonds is 5. The predicted molar refractivity (Wildman–Crippen MR) is 115 cm³/mol. The van der Waals surface area contributed by atoms with E-state index >= 15 is 0 Å². The summed E-state index contributed by atoms with van der Waals surface area (Å²) in [6.45, 7) is 2.69. The van der Waals surface area contributed by atoms with E-state index in [1.165, 1.54) is 5.56 Å². The molecule has 0 bridgehead atoms. The van der Waals surface area contributed by atoms with Crippen LogP contribution in [0.5, 0.6) is 11.5 Å². The number of cyclic esters (lactones) is 1. The molecular weight excluding hydrogens is 432 g/mol. The van der Waals surface area contributed by atoms with Gasteiger partial charge in [-0.05, 0) is 79.0 Å². The minimum Gasteiger partial charge on any atom is -0.497 e. The molecule has 1 aliphatic carbocycles. The molecular formula is C24H27BrO4. The number of ether oxygens (including phenoxy) is 3. The second kappa shape index (κ2) is 8.78. The van der Waals surface area contributed by atoms with Gasteiger partial charge >= 0.3 is 5.97 Å². The van der Waals surface area contributed by atoms with E-state index in [1.54, 1.807) is 7.11 Å². The number of hydrogen-bond acceptors (Lipinski definition) is 4. The Morgan fingerprint density at radius 3 is 2.41 bits per heavy atom. The lowest BCUT2D eigenvalue weighted by Crippen LogP contribution is -2.46. The Balaban J connectivity index is 1.48. The zero-order valence-corrected chi connectivity index (χ0v) is 18.4. The van der Waals surface area contributed by atoms with Crippen LogP contribution in [0, 0.1) is 17.8 Å². The maximum absolute atomic E-state index is 12.8. The SMILES string of the molecule is COc1ccc(OC[C@@H]2CC3[C@@H](CC[C@@H](C)[C@H]3c3ccc(Br)cc3)C(=O)O2)cc1. The molecule has 0 amide bonds. The van der Waals surface area contributed by atoms with Crippen LogP contribution in [-0.2, 0) is 9.53 Å². The minimum absolute atomic E-state index is 0.00270. The van der Waals surface area contributed by atoms with E-state index < -0.39 is 0 Å². The summed E-state index contributed by atoms with van der Waals surface area (Å²) in [6.07, 6.45) is 2.61. The van der Waals surface area contributed by atoms with Crippen molar-refractivity contribution in [2.75, 3.05) is 13.7 Å². The van der Waals surface area contributed by atoms with Crippen molar-refractivity contribution < 1.29 is 19.0 Å². The third-order valence-corrected chi connectivity index (χ3v) is 6.92. The maximum atomic E-state index is 12.8. The van der Waals surface area contributed by atoms with Gasteiger partial charge in [-0.2, -0.15) is 0 Å². The predicted octanol–water partition coefficient (Wildman–Crippen LogP) is 5.60. The number of carbonyl (C=O) groups is 1. The van der Waals surface area contributed by atoms with Crippen LogP contribution in [0.15, 0.2) is 53.0 Å². The largest absolute Gasteiger partial charge is 0.497 e. The number of hydrogen-bond donors (Lipinski definition) is 0. The zero-order valence-electron chi connectivity index (χ0n) is 16.8. The Hall–Kier alpha value is -2.01. The Labute approximate surface area is 180 Å². The normalized spacial score (nSPS) is 28.9. The lowest BCUT2D eigenvalue weighted by Gasteiger charge is -2.45. The highest BCUT2D eigenvalue weighted by Gasteiger charge is 2.47. The van der Waals surface area contributed by atoms with Gasteiger partial charge in [-0.1, -0.05) is 35.0 Å². The van der Waals surface area contributed by atoms with Crippen LogP contribution in [0.3, 0.4) is 0 Å². The molecule has 0 aromatic heterocycles. The lowest BCUT2D eigenvalue weighted by atomic mass is 9.62. The van der Waals surface area contributed by atoms with Crippen molar-refractivity contribution in [3.05, 3.63) is 58.6 Å². The first-order valence-electron chi connectivity index (χ1n) is 10.3. The molecule has 2 aromatic rings. The molecule has 1 heterocycles. The molecule has 1 saturated carbocycles. The van der Waals surface area contributed by atoms with Gasteiger partial charge in [0.15, 0.2) is 0 Å². The lowest BCUT2D eigenvalue weighted by molar-refractivity contribution is -0.171. The quantitative estimate of drug-likeness (QED) is 0.547. The number of carbonyl (C=O) groups excluding carboxylic acids is 1. The molecule has 2 fully saturated rings. The van der Waals surface area contributed by atoms with Gasteiger partial charge in [0.2, 0.25) is 0 Å². The van der Waals surface area contributed by atoms with Crippen molar-refractivity contribution in [3.63, 3.8) is 0 Å². The monoisotopic (exact) mass is 458 g/mol. The van der Waals surface area contributed by atoms with E-state index in [0.29, 0.717) is 24.4 Å². The van der Waals surface area contributed by atoms with Crippen molar-refractivity contribution in [3.8, 4) is 11.5 Å². The van der Waals surface area contributed by atoms with Crippen molar-refractivity contribution in [2.45, 2.75) is 38.2 Å². The zero-order chi connectivity index (χ0) is 20.4. The number of fused-ring (bicyclic) bond motifs is 1. The summed E-state index contributed by atoms with van der Waals surface area (Å²) in [6, 6.07) is 16.1. The fourth-order valence-corrected chi connectivity index (χ4v) is 5.20. The van der Waals surface area contributed by atoms with Crippen LogP contribution in [0.2, 0.25) is 0 Å². The van der Waals surface area contributed by atoms with Gasteiger partial charge < -0.3 is 14.2 Å². The summed E-state index contributed by atoms with van der Waals surface area (Å²) in [7, 11) is 1.64. The Bertz CT molecular complexity index is 833. The highest BCUT2D eigenvalue weighted by atomic mass is 79.9. The molecule has 0 N–H and O–H groups in total. The molecule has 1 unspecified atom stereocenters. The van der Waals surface area contributed by atoms with Gasteiger partial charge in [0.25, 0.3) is 0 Å². The number of esters is 1. The van der Waals surface area contributed by atoms with E-state index in [-0.39, 0.29) is 18.0 Å². The summed E-state index contributed by atoms with van der Waals surface area (Å²) < 4.78 is 17.9. The van der Waals surface area contributed by atoms with Crippen molar-refractivity contribution >= 4 is 21.9 Å². The third kappa shape index (κ3) is 4.45. The summed E-state index contributed by atoms with van der Waals surface area (Å²) in [4.78, 5) is 12.8. The van der Waals surface area contributed by atoms with Crippen molar-refractivity contribution in [1.82, 2.24) is 0 Å². The van der Waals surface area contributed by atoms with E-state index in [1.807, 2.05) is 24.3 Å². The second-order valence-corrected chi connectivity index (χ2v) is 9.10. The first-order chi connectivity index (χ1) is 14.0. The Kier molecular flexibility index (Phi) is 6.14. The molecule has 4 rings (SSSR count). The fraction of sp³-hybridized carbons (Fsp3) is 0.458. The van der Waals surface area contributed by atoms with Crippen LogP contribution in [0.1, 0.15) is 37.7 Å². The Morgan fingerprint density at radius 2 is 1.72 bits per heavy atom. The van der Waals surface area contributed by atoms with Crippen LogP contribution in [-0.4, -0.2) is 25.8 Å². The average Bonchev–Trinajstić information content (AvgIpc) is 2.73. The molecule has 0 radical (unpaired) electrons. The van der Waals surface area contributed by atoms with E-state index in [2.05, 4.69) is 47.1 Å². The molecule has 29 heavy (non-hydrogen) atoms. The van der Waals surface area contributed by atoms with E-state index in [0.717, 1.165) is 35.2 Å². The minimum atomic E-state index is -0.214. The van der Waals surface area contributed by atoms with Crippen LogP contribution in [0.25, 0.3) is 0 Å². The standard InChI is InChI=1S/C24H27BrO4/c1-15-3-12-21-22(23(15)16-4-6-17(25)7-5-16)13-20(29-24(21)26)14-28-19-10-8-18(27-2)9-11-19/h4-11,15,20-23H,3,12-14H2,1-2H3/t15-,20+,21-,22?,23+/m1/s1. The molecule has 2 aromatic carbocycles. The van der Waals surface area contributed by atoms with Crippen molar-refractivity contribution in [2.24, 2.45) is 17.8 Å². The molecule has 2 aliphatic rings. The summed E-state index contributed by atoms with van der Waals surface area (Å²) in [5, 5.41) is 0. The van der Waals surface area contributed by atoms with Crippen LogP contribution in [0.4, 0.5) is 0 Å². The summed E-state index contributed by atoms with van der Waals surface area (Å²) in [5.41, 5.74) is 1.32. The van der Waals surface area contributed by atoms with Gasteiger partial charge in [0.1, 0.15) is 24.2 Å². The molecule has 5 heteroatoms. The van der Waals surface area contributed by atoms with E-state index in [9.17, 15) is 4.79 Å². The van der Waals surface area contributed by atoms with Crippen LogP contribution < -0.4 is 9.47 Å². The summed E-state index contributed by atoms with van der Waals surface area (Å²) >= 11 is 3.53. The third-order valence-electron chi connectivity index (χ3n) is 6.40. The molecule has 0 spiro atoms. The highest BCUT2D eigenvalue weighted by Crippen LogP contribution is 2.49. The van der Waals surface area contributed by atoms with Gasteiger partial charge in [-0.3, -0.25) is 4.79 Å². The van der Waals surface area contributed by atoms with Crippen molar-refractivity contribution in [1.29, 1.82) is 0 Å². The molecule has 1 saturated heterocycles. The molecule has 5 atom stereocenters. The topological polar surface area (TPSA) is 44.8 Å². The number of benzene rings is 2. The smallest absolute Gasteiger partial charge is 0.309 e. The highest BCUT2D eigenvalue weighted by molar-refractivity contribution is 9.10. The number of methoxy groups -OCH3 is 1. The van der Waals surface area contributed by atoms with Crippen LogP contribution >= 0.6 is 15.9 Å². The van der Waals surface area contributed by atoms with Gasteiger partial charge in [0, 0.05) is 4.47 Å². The molecule has 1 aliphatic heterocycles. The maximum Gasteiger partial charge on any atom is 0.309 e. The number of halogens is 1. The first-order valence-corrected chi connectivity index (χ1v) is 11.1. The Morgan fingerprint density at radius 1 is 1.03 bits per heavy atom. The molecule has 4 nitrogen and oxygen atoms in total. The summed E-state index contributed by atoms with van der Waals surface area (Å²) in [5.74, 6) is 2.70. The first kappa shape index (κ1) is 20.3. The van der Waals surface area contributed by atoms with E-state index in [4.69, 9.17) is 14.2 Å². The van der Waals surface area contributed by atoms with Gasteiger partial charge in [-0.15, -0.1) is 0 Å². The van der Waals surface area contributed by atoms with Gasteiger partial charge in [0.05, 0.1) is 13.0 Å². The van der Waals surface area contributed by atoms with Gasteiger partial charge in [-0.25, -0.2) is 0 Å². The molecule has 154 valence electrons. The average molecular weight is 459 g/mol.